The fourth-order valence-electron chi connectivity index (χ4n) is 3.62. The Kier molecular flexibility index (Phi) is 7.47. The Morgan fingerprint density at radius 1 is 1.09 bits per heavy atom. The van der Waals surface area contributed by atoms with Crippen LogP contribution in [-0.4, -0.2) is 53.6 Å². The lowest BCUT2D eigenvalue weighted by atomic mass is 9.88. The minimum Gasteiger partial charge on any atom is -0.474 e. The summed E-state index contributed by atoms with van der Waals surface area (Å²) in [5, 5.41) is 0. The molecule has 0 radical (unpaired) electrons. The van der Waals surface area contributed by atoms with Crippen LogP contribution in [0.4, 0.5) is 13.2 Å². The van der Waals surface area contributed by atoms with Gasteiger partial charge in [0.1, 0.15) is 6.10 Å². The van der Waals surface area contributed by atoms with E-state index in [4.69, 9.17) is 23.7 Å². The van der Waals surface area contributed by atoms with Crippen LogP contribution in [0.5, 0.6) is 11.8 Å². The number of rotatable bonds is 7. The number of nitrogens with zero attached hydrogens (tertiary/aromatic N) is 2. The Labute approximate surface area is 188 Å². The van der Waals surface area contributed by atoms with Gasteiger partial charge in [-0.2, -0.15) is 23.1 Å². The second-order valence-corrected chi connectivity index (χ2v) is 8.09. The number of aromatic nitrogens is 2. The fourth-order valence-corrected chi connectivity index (χ4v) is 3.62. The molecule has 0 aromatic carbocycles. The SMILES string of the molecule is CCOC(=O)C(C)(CC)C(=O)Oc1cc(OC2CCC3(CC2)OCCO3)nc(C(F)(F)F)n1. The maximum atomic E-state index is 13.4. The van der Waals surface area contributed by atoms with Crippen molar-refractivity contribution in [3.63, 3.8) is 0 Å². The highest BCUT2D eigenvalue weighted by atomic mass is 19.4. The molecule has 1 aliphatic carbocycles. The highest BCUT2D eigenvalue weighted by Crippen LogP contribution is 2.38. The van der Waals surface area contributed by atoms with E-state index in [-0.39, 0.29) is 18.9 Å². The molecule has 2 fully saturated rings. The molecular formula is C21H27F3N2O7. The van der Waals surface area contributed by atoms with Gasteiger partial charge in [-0.05, 0) is 33.1 Å². The van der Waals surface area contributed by atoms with Crippen molar-refractivity contribution in [2.24, 2.45) is 5.41 Å². The molecule has 1 saturated heterocycles. The summed E-state index contributed by atoms with van der Waals surface area (Å²) < 4.78 is 67.0. The van der Waals surface area contributed by atoms with Gasteiger partial charge in [0, 0.05) is 12.8 Å². The predicted molar refractivity (Wildman–Crippen MR) is 105 cm³/mol. The van der Waals surface area contributed by atoms with Crippen molar-refractivity contribution in [3.8, 4) is 11.8 Å². The van der Waals surface area contributed by atoms with Crippen molar-refractivity contribution in [1.29, 1.82) is 0 Å². The molecular weight excluding hydrogens is 449 g/mol. The average molecular weight is 476 g/mol. The van der Waals surface area contributed by atoms with Gasteiger partial charge in [-0.15, -0.1) is 0 Å². The van der Waals surface area contributed by atoms with Gasteiger partial charge in [0.25, 0.3) is 0 Å². The van der Waals surface area contributed by atoms with Gasteiger partial charge in [-0.25, -0.2) is 0 Å². The van der Waals surface area contributed by atoms with Crippen molar-refractivity contribution in [2.75, 3.05) is 19.8 Å². The Morgan fingerprint density at radius 2 is 1.70 bits per heavy atom. The first-order valence-corrected chi connectivity index (χ1v) is 10.8. The predicted octanol–water partition coefficient (Wildman–Crippen LogP) is 3.44. The maximum Gasteiger partial charge on any atom is 0.451 e. The molecule has 1 aromatic rings. The van der Waals surface area contributed by atoms with Crippen LogP contribution in [0, 0.1) is 5.41 Å². The second kappa shape index (κ2) is 9.80. The first kappa shape index (κ1) is 25.2. The first-order chi connectivity index (χ1) is 15.5. The van der Waals surface area contributed by atoms with Crippen molar-refractivity contribution in [1.82, 2.24) is 9.97 Å². The molecule has 1 atom stereocenters. The van der Waals surface area contributed by atoms with E-state index in [0.29, 0.717) is 38.9 Å². The molecule has 1 spiro atoms. The Bertz CT molecular complexity index is 864. The smallest absolute Gasteiger partial charge is 0.451 e. The van der Waals surface area contributed by atoms with E-state index < -0.39 is 47.1 Å². The molecule has 9 nitrogen and oxygen atoms in total. The number of hydrogen-bond acceptors (Lipinski definition) is 9. The van der Waals surface area contributed by atoms with Crippen LogP contribution >= 0.6 is 0 Å². The monoisotopic (exact) mass is 476 g/mol. The number of carbonyl (C=O) groups is 2. The lowest BCUT2D eigenvalue weighted by molar-refractivity contribution is -0.186. The molecule has 1 unspecified atom stereocenters. The summed E-state index contributed by atoms with van der Waals surface area (Å²) in [5.41, 5.74) is -1.71. The zero-order valence-corrected chi connectivity index (χ0v) is 18.7. The van der Waals surface area contributed by atoms with E-state index in [1.54, 1.807) is 13.8 Å². The van der Waals surface area contributed by atoms with E-state index >= 15 is 0 Å². The number of esters is 2. The van der Waals surface area contributed by atoms with Gasteiger partial charge < -0.3 is 23.7 Å². The summed E-state index contributed by atoms with van der Waals surface area (Å²) in [6.07, 6.45) is -3.29. The Hall–Kier alpha value is -2.47. The van der Waals surface area contributed by atoms with Crippen LogP contribution in [0.3, 0.4) is 0 Å². The lowest BCUT2D eigenvalue weighted by Gasteiger charge is -2.35. The molecule has 1 saturated carbocycles. The zero-order chi connectivity index (χ0) is 24.3. The highest BCUT2D eigenvalue weighted by molar-refractivity contribution is 6.00. The molecule has 2 heterocycles. The quantitative estimate of drug-likeness (QED) is 0.432. The Morgan fingerprint density at radius 3 is 2.24 bits per heavy atom. The second-order valence-electron chi connectivity index (χ2n) is 8.09. The summed E-state index contributed by atoms with van der Waals surface area (Å²) in [6, 6.07) is 1.00. The topological polar surface area (TPSA) is 106 Å². The number of halogens is 3. The third-order valence-corrected chi connectivity index (χ3v) is 5.81. The standard InChI is InChI=1S/C21H27F3N2O7/c1-4-19(3,17(27)29-5-2)18(28)33-15-12-14(25-16(26-15)21(22,23)24)32-13-6-8-20(9-7-13)30-10-11-31-20/h12-13H,4-11H2,1-3H3. The van der Waals surface area contributed by atoms with Gasteiger partial charge in [-0.3, -0.25) is 9.59 Å². The molecule has 0 N–H and O–H groups in total. The van der Waals surface area contributed by atoms with E-state index in [9.17, 15) is 22.8 Å². The fraction of sp³-hybridized carbons (Fsp3) is 0.714. The van der Waals surface area contributed by atoms with Crippen molar-refractivity contribution in [2.45, 2.75) is 70.9 Å². The summed E-state index contributed by atoms with van der Waals surface area (Å²) in [4.78, 5) is 31.6. The normalized spacial score (nSPS) is 20.3. The van der Waals surface area contributed by atoms with Gasteiger partial charge in [-0.1, -0.05) is 6.92 Å². The lowest BCUT2D eigenvalue weighted by Crippen LogP contribution is -2.40. The molecule has 1 aromatic heterocycles. The van der Waals surface area contributed by atoms with E-state index in [2.05, 4.69) is 9.97 Å². The molecule has 0 amide bonds. The van der Waals surface area contributed by atoms with E-state index in [1.165, 1.54) is 6.92 Å². The van der Waals surface area contributed by atoms with E-state index in [0.717, 1.165) is 6.07 Å². The van der Waals surface area contributed by atoms with Crippen LogP contribution in [0.15, 0.2) is 6.07 Å². The summed E-state index contributed by atoms with van der Waals surface area (Å²) in [5.74, 6) is -5.16. The minimum atomic E-state index is -4.90. The Balaban J connectivity index is 1.77. The molecule has 12 heteroatoms. The third kappa shape index (κ3) is 5.72. The van der Waals surface area contributed by atoms with Crippen LogP contribution in [-0.2, 0) is 30.0 Å². The summed E-state index contributed by atoms with van der Waals surface area (Å²) in [6.45, 7) is 5.46. The van der Waals surface area contributed by atoms with Gasteiger partial charge >= 0.3 is 18.1 Å². The van der Waals surface area contributed by atoms with Crippen molar-refractivity contribution >= 4 is 11.9 Å². The largest absolute Gasteiger partial charge is 0.474 e. The summed E-state index contributed by atoms with van der Waals surface area (Å²) in [7, 11) is 0. The van der Waals surface area contributed by atoms with Gasteiger partial charge in [0.2, 0.25) is 17.6 Å². The van der Waals surface area contributed by atoms with Gasteiger partial charge in [0.05, 0.1) is 25.9 Å². The molecule has 33 heavy (non-hydrogen) atoms. The molecule has 2 aliphatic rings. The number of hydrogen-bond donors (Lipinski definition) is 0. The number of alkyl halides is 3. The van der Waals surface area contributed by atoms with E-state index in [1.807, 2.05) is 0 Å². The van der Waals surface area contributed by atoms with Crippen LogP contribution in [0.2, 0.25) is 0 Å². The number of carbonyl (C=O) groups excluding carboxylic acids is 2. The van der Waals surface area contributed by atoms with Crippen molar-refractivity contribution in [3.05, 3.63) is 11.9 Å². The molecule has 1 aliphatic heterocycles. The first-order valence-electron chi connectivity index (χ1n) is 10.8. The van der Waals surface area contributed by atoms with Crippen LogP contribution in [0.25, 0.3) is 0 Å². The average Bonchev–Trinajstić information content (AvgIpc) is 3.22. The molecule has 3 rings (SSSR count). The van der Waals surface area contributed by atoms with Gasteiger partial charge in [0.15, 0.2) is 11.2 Å². The van der Waals surface area contributed by atoms with Crippen molar-refractivity contribution < 1.29 is 46.4 Å². The maximum absolute atomic E-state index is 13.4. The third-order valence-electron chi connectivity index (χ3n) is 5.81. The number of ether oxygens (including phenoxy) is 5. The van der Waals surface area contributed by atoms with Crippen LogP contribution < -0.4 is 9.47 Å². The van der Waals surface area contributed by atoms with Crippen LogP contribution in [0.1, 0.15) is 58.7 Å². The molecule has 0 bridgehead atoms. The summed E-state index contributed by atoms with van der Waals surface area (Å²) >= 11 is 0. The molecule has 184 valence electrons. The zero-order valence-electron chi connectivity index (χ0n) is 18.7. The minimum absolute atomic E-state index is 0.0131. The highest BCUT2D eigenvalue weighted by Gasteiger charge is 2.44.